The molecule has 6 aromatic rings. The molecular weight excluding hydrogens is 813 g/mol. The van der Waals surface area contributed by atoms with Crippen LogP contribution in [0.5, 0.6) is 0 Å². The number of fused-ring (bicyclic) bond motifs is 1. The number of nitrogens with zero attached hydrogens (tertiary/aromatic N) is 4. The van der Waals surface area contributed by atoms with Crippen molar-refractivity contribution in [3.8, 4) is 11.1 Å². The zero-order valence-corrected chi connectivity index (χ0v) is 35.0. The van der Waals surface area contributed by atoms with Gasteiger partial charge in [-0.3, -0.25) is 9.62 Å². The topological polar surface area (TPSA) is 90.5 Å². The van der Waals surface area contributed by atoms with E-state index in [-0.39, 0.29) is 17.5 Å². The van der Waals surface area contributed by atoms with Crippen LogP contribution in [0.2, 0.25) is 5.02 Å². The third-order valence-electron chi connectivity index (χ3n) is 10.2. The minimum absolute atomic E-state index is 0.0291. The summed E-state index contributed by atoms with van der Waals surface area (Å²) in [5.41, 5.74) is 4.76. The fraction of sp³-hybridized carbons (Fsp3) is 0.244. The predicted octanol–water partition coefficient (Wildman–Crippen LogP) is 10.6. The fourth-order valence-electron chi connectivity index (χ4n) is 7.07. The van der Waals surface area contributed by atoms with E-state index in [1.54, 1.807) is 17.8 Å². The first-order chi connectivity index (χ1) is 28.3. The summed E-state index contributed by atoms with van der Waals surface area (Å²) in [6.07, 6.45) is -0.0388. The minimum atomic E-state index is -4.82. The highest BCUT2D eigenvalue weighted by atomic mass is 35.5. The first-order valence-corrected chi connectivity index (χ1v) is 22.0. The van der Waals surface area contributed by atoms with Crippen molar-refractivity contribution in [2.24, 2.45) is 0 Å². The van der Waals surface area contributed by atoms with E-state index in [4.69, 9.17) is 11.6 Å². The van der Waals surface area contributed by atoms with Gasteiger partial charge in [0.05, 0.1) is 16.0 Å². The quantitative estimate of drug-likeness (QED) is 0.0987. The molecule has 0 radical (unpaired) electrons. The molecule has 0 saturated carbocycles. The summed E-state index contributed by atoms with van der Waals surface area (Å²) in [6.45, 7) is 2.92. The Morgan fingerprint density at radius 1 is 0.898 bits per heavy atom. The number of benzene rings is 5. The summed E-state index contributed by atoms with van der Waals surface area (Å²) < 4.78 is 73.5. The molecule has 1 atom stereocenters. The molecule has 1 aromatic heterocycles. The summed E-state index contributed by atoms with van der Waals surface area (Å²) in [7, 11) is -0.681. The van der Waals surface area contributed by atoms with Crippen LogP contribution in [0, 0.1) is 0 Å². The van der Waals surface area contributed by atoms with Crippen molar-refractivity contribution >= 4 is 61.4 Å². The lowest BCUT2D eigenvalue weighted by atomic mass is 9.96. The molecule has 0 saturated heterocycles. The second-order valence-corrected chi connectivity index (χ2v) is 17.9. The third kappa shape index (κ3) is 10.8. The number of anilines is 2. The Balaban J connectivity index is 1.07. The number of alkyl halides is 3. The standard InChI is InChI=1S/C45H44ClF3N6O2S2/c1-54(2)22-21-36(29-58-37-11-7-4-8-12-37)52-42-18-15-38(27-41(42)45(47,48)49)59(56,57)53-44-40-16-13-33(26-43(40)50-30-51-44)31-19-23-55(24-20-31)28-34-25-35(46)14-17-39(34)32-9-5-3-6-10-32/h3-19,25-27,30,36,52H,20-24,28-29H2,1-2H3,(H,50,51,53). The number of thioether (sulfide) groups is 1. The smallest absolute Gasteiger partial charge is 0.381 e. The lowest BCUT2D eigenvalue weighted by Gasteiger charge is -2.27. The maximum Gasteiger partial charge on any atom is 0.418 e. The summed E-state index contributed by atoms with van der Waals surface area (Å²) in [5, 5.41) is 4.18. The number of nitrogens with one attached hydrogen (secondary N) is 2. The van der Waals surface area contributed by atoms with Gasteiger partial charge >= 0.3 is 6.18 Å². The lowest BCUT2D eigenvalue weighted by Crippen LogP contribution is -2.29. The molecule has 14 heteroatoms. The van der Waals surface area contributed by atoms with E-state index < -0.39 is 26.7 Å². The van der Waals surface area contributed by atoms with Crippen LogP contribution in [0.15, 0.2) is 137 Å². The number of halogens is 4. The van der Waals surface area contributed by atoms with Crippen molar-refractivity contribution in [3.05, 3.63) is 149 Å². The van der Waals surface area contributed by atoms with E-state index in [9.17, 15) is 21.6 Å². The highest BCUT2D eigenvalue weighted by Gasteiger charge is 2.36. The molecule has 1 aliphatic rings. The normalized spacial score (nSPS) is 14.3. The van der Waals surface area contributed by atoms with Crippen LogP contribution >= 0.6 is 23.4 Å². The van der Waals surface area contributed by atoms with Crippen LogP contribution in [0.4, 0.5) is 24.7 Å². The van der Waals surface area contributed by atoms with Gasteiger partial charge < -0.3 is 10.2 Å². The summed E-state index contributed by atoms with van der Waals surface area (Å²) in [4.78, 5) is 13.4. The van der Waals surface area contributed by atoms with E-state index in [1.807, 2.05) is 91.8 Å². The molecule has 8 nitrogen and oxygen atoms in total. The van der Waals surface area contributed by atoms with Gasteiger partial charge in [-0.2, -0.15) is 13.2 Å². The maximum absolute atomic E-state index is 14.6. The Morgan fingerprint density at radius 2 is 1.66 bits per heavy atom. The average molecular weight is 857 g/mol. The molecule has 1 unspecified atom stereocenters. The molecule has 0 fully saturated rings. The molecule has 1 aliphatic heterocycles. The highest BCUT2D eigenvalue weighted by Crippen LogP contribution is 2.38. The minimum Gasteiger partial charge on any atom is -0.381 e. The number of rotatable bonds is 15. The van der Waals surface area contributed by atoms with Crippen molar-refractivity contribution < 1.29 is 21.6 Å². The van der Waals surface area contributed by atoms with Crippen LogP contribution in [-0.4, -0.2) is 73.7 Å². The zero-order valence-electron chi connectivity index (χ0n) is 32.6. The summed E-state index contributed by atoms with van der Waals surface area (Å²) in [6, 6.07) is 34.1. The van der Waals surface area contributed by atoms with Crippen molar-refractivity contribution in [2.75, 3.05) is 49.5 Å². The largest absolute Gasteiger partial charge is 0.418 e. The van der Waals surface area contributed by atoms with Gasteiger partial charge in [-0.05, 0) is 116 Å². The number of hydrogen-bond donors (Lipinski definition) is 2. The first-order valence-electron chi connectivity index (χ1n) is 19.2. The van der Waals surface area contributed by atoms with Gasteiger partial charge in [-0.15, -0.1) is 11.8 Å². The Hall–Kier alpha value is -4.92. The van der Waals surface area contributed by atoms with Gasteiger partial charge in [0, 0.05) is 52.4 Å². The van der Waals surface area contributed by atoms with Crippen molar-refractivity contribution in [2.45, 2.75) is 41.4 Å². The molecular formula is C45H44ClF3N6O2S2. The van der Waals surface area contributed by atoms with Crippen molar-refractivity contribution in [1.82, 2.24) is 19.8 Å². The molecule has 2 heterocycles. The molecule has 5 aromatic carbocycles. The summed E-state index contributed by atoms with van der Waals surface area (Å²) in [5.74, 6) is 0.480. The second kappa shape index (κ2) is 18.6. The van der Waals surface area contributed by atoms with Gasteiger partial charge in [-0.1, -0.05) is 78.3 Å². The van der Waals surface area contributed by atoms with Crippen LogP contribution in [-0.2, 0) is 22.7 Å². The molecule has 59 heavy (non-hydrogen) atoms. The Kier molecular flexibility index (Phi) is 13.3. The van der Waals surface area contributed by atoms with E-state index in [1.165, 1.54) is 18.5 Å². The summed E-state index contributed by atoms with van der Waals surface area (Å²) >= 11 is 7.95. The van der Waals surface area contributed by atoms with Gasteiger partial charge in [0.2, 0.25) is 0 Å². The van der Waals surface area contributed by atoms with E-state index >= 15 is 0 Å². The highest BCUT2D eigenvalue weighted by molar-refractivity contribution is 7.99. The zero-order chi connectivity index (χ0) is 41.6. The predicted molar refractivity (Wildman–Crippen MR) is 234 cm³/mol. The number of hydrogen-bond acceptors (Lipinski definition) is 8. The van der Waals surface area contributed by atoms with Crippen LogP contribution in [0.1, 0.15) is 29.5 Å². The number of sulfonamides is 1. The molecule has 0 aliphatic carbocycles. The van der Waals surface area contributed by atoms with Crippen LogP contribution in [0.25, 0.3) is 27.6 Å². The second-order valence-electron chi connectivity index (χ2n) is 14.7. The van der Waals surface area contributed by atoms with Gasteiger partial charge in [0.25, 0.3) is 10.0 Å². The van der Waals surface area contributed by atoms with E-state index in [2.05, 4.69) is 49.2 Å². The van der Waals surface area contributed by atoms with Gasteiger partial charge in [-0.25, -0.2) is 18.4 Å². The molecule has 0 spiro atoms. The third-order valence-corrected chi connectivity index (χ3v) is 12.9. The van der Waals surface area contributed by atoms with Crippen LogP contribution < -0.4 is 10.0 Å². The Labute approximate surface area is 352 Å². The van der Waals surface area contributed by atoms with Crippen molar-refractivity contribution in [1.29, 1.82) is 0 Å². The number of aromatic nitrogens is 2. The fourth-order valence-corrected chi connectivity index (χ4v) is 9.31. The van der Waals surface area contributed by atoms with E-state index in [0.717, 1.165) is 58.8 Å². The van der Waals surface area contributed by atoms with Gasteiger partial charge in [0.1, 0.15) is 6.33 Å². The molecule has 306 valence electrons. The van der Waals surface area contributed by atoms with Gasteiger partial charge in [0.15, 0.2) is 5.82 Å². The Morgan fingerprint density at radius 3 is 2.37 bits per heavy atom. The SMILES string of the molecule is CN(C)CCC(CSc1ccccc1)Nc1ccc(S(=O)(=O)Nc2ncnc3cc(C4=CCN(Cc5cc(Cl)ccc5-c5ccccc5)CC4)ccc23)cc1C(F)(F)F. The molecule has 2 N–H and O–H groups in total. The Bertz CT molecular complexity index is 2540. The first kappa shape index (κ1) is 42.2. The lowest BCUT2D eigenvalue weighted by molar-refractivity contribution is -0.137. The molecule has 0 amide bonds. The maximum atomic E-state index is 14.6. The van der Waals surface area contributed by atoms with Crippen LogP contribution in [0.3, 0.4) is 0 Å². The monoisotopic (exact) mass is 856 g/mol. The molecule has 7 rings (SSSR count). The average Bonchev–Trinajstić information content (AvgIpc) is 3.22. The van der Waals surface area contributed by atoms with E-state index in [0.29, 0.717) is 40.7 Å². The molecule has 0 bridgehead atoms. The van der Waals surface area contributed by atoms with Crippen molar-refractivity contribution in [3.63, 3.8) is 0 Å².